The predicted octanol–water partition coefficient (Wildman–Crippen LogP) is 3.16. The highest BCUT2D eigenvalue weighted by molar-refractivity contribution is 5.81. The summed E-state index contributed by atoms with van der Waals surface area (Å²) >= 11 is 0. The second-order valence-corrected chi connectivity index (χ2v) is 5.26. The fourth-order valence-corrected chi connectivity index (χ4v) is 2.52. The summed E-state index contributed by atoms with van der Waals surface area (Å²) in [5.74, 6) is 0. The molecule has 0 atom stereocenters. The molecular weight excluding hydrogens is 260 g/mol. The molecule has 2 heterocycles. The summed E-state index contributed by atoms with van der Waals surface area (Å²) in [6.07, 6.45) is 3.83. The van der Waals surface area contributed by atoms with Gasteiger partial charge in [0.25, 0.3) is 0 Å². The van der Waals surface area contributed by atoms with Crippen molar-refractivity contribution >= 4 is 16.6 Å². The Balaban J connectivity index is 2.03. The van der Waals surface area contributed by atoms with Crippen LogP contribution in [0, 0.1) is 25.2 Å². The molecule has 0 saturated heterocycles. The first-order valence-electron chi connectivity index (χ1n) is 6.79. The first kappa shape index (κ1) is 13.2. The van der Waals surface area contributed by atoms with E-state index in [9.17, 15) is 0 Å². The number of hydrogen-bond acceptors (Lipinski definition) is 3. The summed E-state index contributed by atoms with van der Waals surface area (Å²) in [5, 5.41) is 10.0. The van der Waals surface area contributed by atoms with E-state index < -0.39 is 0 Å². The Labute approximate surface area is 123 Å². The van der Waals surface area contributed by atoms with Gasteiger partial charge >= 0.3 is 0 Å². The standard InChI is InChI=1S/C17H16N4/c1-11-9-20-15(12(2)17(11)19)10-21-6-5-14-7-13(8-18)3-4-16(14)21/h3-7,9H,10H2,1-2H3,(H2,19,20). The highest BCUT2D eigenvalue weighted by atomic mass is 15.0. The van der Waals surface area contributed by atoms with Crippen molar-refractivity contribution in [2.75, 3.05) is 5.73 Å². The minimum Gasteiger partial charge on any atom is -0.398 e. The average Bonchev–Trinajstić information content (AvgIpc) is 2.90. The molecule has 104 valence electrons. The molecule has 1 aromatic carbocycles. The van der Waals surface area contributed by atoms with Crippen LogP contribution in [0.2, 0.25) is 0 Å². The number of pyridine rings is 1. The Morgan fingerprint density at radius 1 is 1.29 bits per heavy atom. The molecule has 0 aliphatic heterocycles. The molecule has 0 bridgehead atoms. The van der Waals surface area contributed by atoms with Gasteiger partial charge in [-0.05, 0) is 49.2 Å². The van der Waals surface area contributed by atoms with Gasteiger partial charge in [0.05, 0.1) is 23.9 Å². The maximum absolute atomic E-state index is 8.95. The molecule has 0 fully saturated rings. The maximum atomic E-state index is 8.95. The third-order valence-electron chi connectivity index (χ3n) is 3.90. The molecule has 0 saturated carbocycles. The lowest BCUT2D eigenvalue weighted by Crippen LogP contribution is -2.06. The third kappa shape index (κ3) is 2.23. The summed E-state index contributed by atoms with van der Waals surface area (Å²) < 4.78 is 2.13. The number of nitrogen functional groups attached to an aromatic ring is 1. The van der Waals surface area contributed by atoms with Crippen molar-refractivity contribution < 1.29 is 0 Å². The van der Waals surface area contributed by atoms with Crippen LogP contribution in [0.5, 0.6) is 0 Å². The van der Waals surface area contributed by atoms with Crippen LogP contribution in [-0.2, 0) is 6.54 Å². The van der Waals surface area contributed by atoms with Crippen LogP contribution in [0.3, 0.4) is 0 Å². The van der Waals surface area contributed by atoms with Gasteiger partial charge in [0.2, 0.25) is 0 Å². The average molecular weight is 276 g/mol. The highest BCUT2D eigenvalue weighted by Gasteiger charge is 2.09. The van der Waals surface area contributed by atoms with Crippen molar-refractivity contribution in [3.63, 3.8) is 0 Å². The van der Waals surface area contributed by atoms with Crippen LogP contribution >= 0.6 is 0 Å². The first-order chi connectivity index (χ1) is 10.1. The Kier molecular flexibility index (Phi) is 3.11. The van der Waals surface area contributed by atoms with Crippen molar-refractivity contribution in [2.24, 2.45) is 0 Å². The van der Waals surface area contributed by atoms with Crippen molar-refractivity contribution in [2.45, 2.75) is 20.4 Å². The van der Waals surface area contributed by atoms with Gasteiger partial charge in [0.15, 0.2) is 0 Å². The van der Waals surface area contributed by atoms with E-state index in [-0.39, 0.29) is 0 Å². The number of nitriles is 1. The number of nitrogens with zero attached hydrogens (tertiary/aromatic N) is 3. The Hall–Kier alpha value is -2.80. The molecule has 2 aromatic heterocycles. The molecule has 21 heavy (non-hydrogen) atoms. The van der Waals surface area contributed by atoms with Crippen LogP contribution in [0.1, 0.15) is 22.4 Å². The van der Waals surface area contributed by atoms with Crippen molar-refractivity contribution in [1.29, 1.82) is 5.26 Å². The summed E-state index contributed by atoms with van der Waals surface area (Å²) in [6, 6.07) is 9.89. The summed E-state index contributed by atoms with van der Waals surface area (Å²) in [4.78, 5) is 4.50. The summed E-state index contributed by atoms with van der Waals surface area (Å²) in [7, 11) is 0. The van der Waals surface area contributed by atoms with Crippen molar-refractivity contribution in [3.8, 4) is 6.07 Å². The zero-order chi connectivity index (χ0) is 15.0. The molecule has 0 radical (unpaired) electrons. The van der Waals surface area contributed by atoms with E-state index >= 15 is 0 Å². The minimum atomic E-state index is 0.672. The minimum absolute atomic E-state index is 0.672. The lowest BCUT2D eigenvalue weighted by atomic mass is 10.1. The Bertz CT molecular complexity index is 868. The van der Waals surface area contributed by atoms with Gasteiger partial charge in [-0.3, -0.25) is 4.98 Å². The third-order valence-corrected chi connectivity index (χ3v) is 3.90. The fourth-order valence-electron chi connectivity index (χ4n) is 2.52. The van der Waals surface area contributed by atoms with Crippen LogP contribution < -0.4 is 5.73 Å². The molecule has 3 aromatic rings. The Morgan fingerprint density at radius 2 is 2.10 bits per heavy atom. The summed E-state index contributed by atoms with van der Waals surface area (Å²) in [5.41, 5.74) is 11.7. The van der Waals surface area contributed by atoms with Crippen molar-refractivity contribution in [1.82, 2.24) is 9.55 Å². The van der Waals surface area contributed by atoms with Crippen molar-refractivity contribution in [3.05, 3.63) is 59.0 Å². The number of benzene rings is 1. The van der Waals surface area contributed by atoms with E-state index in [4.69, 9.17) is 11.0 Å². The molecule has 0 amide bonds. The van der Waals surface area contributed by atoms with E-state index in [0.29, 0.717) is 12.1 Å². The molecule has 4 nitrogen and oxygen atoms in total. The second-order valence-electron chi connectivity index (χ2n) is 5.26. The van der Waals surface area contributed by atoms with E-state index in [1.807, 2.05) is 50.5 Å². The van der Waals surface area contributed by atoms with Gasteiger partial charge in [0, 0.05) is 29.0 Å². The maximum Gasteiger partial charge on any atom is 0.0991 e. The zero-order valence-electron chi connectivity index (χ0n) is 12.1. The van der Waals surface area contributed by atoms with Gasteiger partial charge in [-0.2, -0.15) is 5.26 Å². The monoisotopic (exact) mass is 276 g/mol. The first-order valence-corrected chi connectivity index (χ1v) is 6.79. The summed E-state index contributed by atoms with van der Waals surface area (Å²) in [6.45, 7) is 4.64. The lowest BCUT2D eigenvalue weighted by molar-refractivity contribution is 0.799. The predicted molar refractivity (Wildman–Crippen MR) is 83.9 cm³/mol. The zero-order valence-corrected chi connectivity index (χ0v) is 12.1. The van der Waals surface area contributed by atoms with Gasteiger partial charge in [-0.15, -0.1) is 0 Å². The number of fused-ring (bicyclic) bond motifs is 1. The smallest absolute Gasteiger partial charge is 0.0991 e. The molecule has 0 aliphatic carbocycles. The van der Waals surface area contributed by atoms with E-state index in [1.165, 1.54) is 0 Å². The lowest BCUT2D eigenvalue weighted by Gasteiger charge is -2.11. The second kappa shape index (κ2) is 4.95. The topological polar surface area (TPSA) is 67.6 Å². The van der Waals surface area contributed by atoms with Gasteiger partial charge in [-0.1, -0.05) is 0 Å². The molecular formula is C17H16N4. The van der Waals surface area contributed by atoms with Crippen LogP contribution in [0.25, 0.3) is 10.9 Å². The number of nitrogens with two attached hydrogens (primary N) is 1. The molecule has 3 rings (SSSR count). The van der Waals surface area contributed by atoms with Crippen LogP contribution in [0.4, 0.5) is 5.69 Å². The molecule has 0 spiro atoms. The molecule has 4 heteroatoms. The number of anilines is 1. The van der Waals surface area contributed by atoms with Crippen LogP contribution in [0.15, 0.2) is 36.7 Å². The Morgan fingerprint density at radius 3 is 2.86 bits per heavy atom. The van der Waals surface area contributed by atoms with E-state index in [0.717, 1.165) is 33.4 Å². The fraction of sp³-hybridized carbons (Fsp3) is 0.176. The van der Waals surface area contributed by atoms with Gasteiger partial charge in [0.1, 0.15) is 0 Å². The highest BCUT2D eigenvalue weighted by Crippen LogP contribution is 2.22. The molecule has 0 unspecified atom stereocenters. The molecule has 2 N–H and O–H groups in total. The van der Waals surface area contributed by atoms with Crippen LogP contribution in [-0.4, -0.2) is 9.55 Å². The number of aryl methyl sites for hydroxylation is 1. The molecule has 0 aliphatic rings. The number of hydrogen-bond donors (Lipinski definition) is 1. The van der Waals surface area contributed by atoms with Gasteiger partial charge in [-0.25, -0.2) is 0 Å². The number of aromatic nitrogens is 2. The van der Waals surface area contributed by atoms with E-state index in [2.05, 4.69) is 15.6 Å². The van der Waals surface area contributed by atoms with Gasteiger partial charge < -0.3 is 10.3 Å². The quantitative estimate of drug-likeness (QED) is 0.781. The SMILES string of the molecule is Cc1cnc(Cn2ccc3cc(C#N)ccc32)c(C)c1N. The normalized spacial score (nSPS) is 10.7. The largest absolute Gasteiger partial charge is 0.398 e. The van der Waals surface area contributed by atoms with E-state index in [1.54, 1.807) is 0 Å². The number of rotatable bonds is 2.